The fourth-order valence-electron chi connectivity index (χ4n) is 1.33. The molecule has 0 saturated heterocycles. The molecule has 0 radical (unpaired) electrons. The average Bonchev–Trinajstić information content (AvgIpc) is 2.51. The molecule has 74 valence electrons. The maximum atomic E-state index is 4.26. The zero-order valence-electron chi connectivity index (χ0n) is 8.87. The largest absolute Gasteiger partial charge is 2.00 e. The van der Waals surface area contributed by atoms with Crippen molar-refractivity contribution in [2.75, 3.05) is 0 Å². The first-order valence-corrected chi connectivity index (χ1v) is 4.23. The van der Waals surface area contributed by atoms with Crippen LogP contribution in [-0.4, -0.2) is 32.6 Å². The summed E-state index contributed by atoms with van der Waals surface area (Å²) < 4.78 is 1.99. The molecule has 0 aliphatic carbocycles. The van der Waals surface area contributed by atoms with Gasteiger partial charge in [-0.15, -0.1) is 35.4 Å². The van der Waals surface area contributed by atoms with E-state index in [1.54, 1.807) is 6.20 Å². The topological polar surface area (TPSA) is 17.8 Å². The van der Waals surface area contributed by atoms with E-state index in [4.69, 9.17) is 0 Å². The van der Waals surface area contributed by atoms with E-state index >= 15 is 0 Å². The van der Waals surface area contributed by atoms with Crippen LogP contribution in [0.2, 0.25) is 0 Å². The normalized spacial score (nSPS) is 8.93. The van der Waals surface area contributed by atoms with Crippen LogP contribution in [0, 0.1) is 13.0 Å². The maximum Gasteiger partial charge on any atom is 2.00 e. The minimum atomic E-state index is 0. The van der Waals surface area contributed by atoms with Crippen LogP contribution in [0.15, 0.2) is 30.6 Å². The zero-order chi connectivity index (χ0) is 9.26. The molecular weight excluding hydrogens is 220 g/mol. The van der Waals surface area contributed by atoms with Crippen LogP contribution in [0.1, 0.15) is 5.56 Å². The molecule has 0 amide bonds. The molecule has 1 aromatic carbocycles. The fourth-order valence-corrected chi connectivity index (χ4v) is 1.33. The standard InChI is InChI=1S/C11H11N2.ClH.Mg/c1-9-4-3-5-10(8-9)11-12-6-7-13(11)2;;/h3-4,6-8H,1-2H3;1H;/q-1;;+2/p-1. The van der Waals surface area contributed by atoms with Gasteiger partial charge < -0.3 is 17.0 Å². The molecule has 0 fully saturated rings. The van der Waals surface area contributed by atoms with E-state index in [9.17, 15) is 0 Å². The van der Waals surface area contributed by atoms with E-state index in [1.165, 1.54) is 5.56 Å². The minimum absolute atomic E-state index is 0. The van der Waals surface area contributed by atoms with E-state index in [-0.39, 0.29) is 35.5 Å². The molecule has 2 nitrogen and oxygen atoms in total. The first-order valence-electron chi connectivity index (χ1n) is 4.23. The Balaban J connectivity index is 0.000000980. The van der Waals surface area contributed by atoms with Gasteiger partial charge in [0.05, 0.1) is 5.82 Å². The summed E-state index contributed by atoms with van der Waals surface area (Å²) in [5.74, 6) is 0.962. The van der Waals surface area contributed by atoms with Gasteiger partial charge in [-0.3, -0.25) is 4.98 Å². The Bertz CT molecular complexity index is 426. The van der Waals surface area contributed by atoms with Gasteiger partial charge in [0.15, 0.2) is 0 Å². The fraction of sp³-hybridized carbons (Fsp3) is 0.182. The van der Waals surface area contributed by atoms with Crippen LogP contribution in [0.4, 0.5) is 0 Å². The Kier molecular flexibility index (Phi) is 5.94. The third-order valence-corrected chi connectivity index (χ3v) is 2.02. The van der Waals surface area contributed by atoms with Gasteiger partial charge in [0.1, 0.15) is 0 Å². The summed E-state index contributed by atoms with van der Waals surface area (Å²) in [6.07, 6.45) is 3.73. The molecule has 1 aromatic heterocycles. The van der Waals surface area contributed by atoms with Crippen molar-refractivity contribution in [1.82, 2.24) is 9.55 Å². The van der Waals surface area contributed by atoms with Crippen LogP contribution in [0.25, 0.3) is 11.4 Å². The van der Waals surface area contributed by atoms with Crippen molar-refractivity contribution in [3.8, 4) is 11.4 Å². The third-order valence-electron chi connectivity index (χ3n) is 2.02. The average molecular weight is 231 g/mol. The van der Waals surface area contributed by atoms with Crippen molar-refractivity contribution in [1.29, 1.82) is 0 Å². The van der Waals surface area contributed by atoms with Crippen LogP contribution in [-0.2, 0) is 7.05 Å². The molecule has 1 heterocycles. The third kappa shape index (κ3) is 3.23. The summed E-state index contributed by atoms with van der Waals surface area (Å²) >= 11 is 0. The number of nitrogens with zero attached hydrogens (tertiary/aromatic N) is 2. The van der Waals surface area contributed by atoms with E-state index in [0.717, 1.165) is 11.4 Å². The van der Waals surface area contributed by atoms with Gasteiger partial charge in [-0.05, 0) is 0 Å². The smallest absolute Gasteiger partial charge is 1.00 e. The van der Waals surface area contributed by atoms with E-state index in [2.05, 4.69) is 24.0 Å². The molecule has 0 unspecified atom stereocenters. The second-order valence-corrected chi connectivity index (χ2v) is 3.14. The SMILES string of the molecule is Cc1cc[c-]c(-c2nccn2C)c1.[Cl-].[Mg+2]. The number of imidazole rings is 1. The molecule has 0 bridgehead atoms. The van der Waals surface area contributed by atoms with Gasteiger partial charge >= 0.3 is 23.1 Å². The molecule has 0 aliphatic heterocycles. The Labute approximate surface area is 112 Å². The van der Waals surface area contributed by atoms with Gasteiger partial charge in [0.2, 0.25) is 0 Å². The predicted molar refractivity (Wildman–Crippen MR) is 58.0 cm³/mol. The molecule has 15 heavy (non-hydrogen) atoms. The van der Waals surface area contributed by atoms with Crippen molar-refractivity contribution in [3.05, 3.63) is 42.2 Å². The van der Waals surface area contributed by atoms with Crippen molar-refractivity contribution < 1.29 is 12.4 Å². The number of aryl methyl sites for hydroxylation is 2. The van der Waals surface area contributed by atoms with Crippen molar-refractivity contribution >= 4 is 23.1 Å². The first-order chi connectivity index (χ1) is 6.27. The van der Waals surface area contributed by atoms with Crippen molar-refractivity contribution in [2.45, 2.75) is 6.92 Å². The molecule has 0 N–H and O–H groups in total. The van der Waals surface area contributed by atoms with Crippen LogP contribution in [0.3, 0.4) is 0 Å². The Hall–Kier alpha value is -0.514. The van der Waals surface area contributed by atoms with Crippen LogP contribution in [0.5, 0.6) is 0 Å². The molecule has 0 atom stereocenters. The minimum Gasteiger partial charge on any atom is -1.00 e. The molecule has 0 saturated carbocycles. The summed E-state index contributed by atoms with van der Waals surface area (Å²) in [6, 6.07) is 9.22. The predicted octanol–water partition coefficient (Wildman–Crippen LogP) is -1.18. The molecular formula is C11H11ClMgN2. The molecule has 0 spiro atoms. The second kappa shape index (κ2) is 6.15. The van der Waals surface area contributed by atoms with Gasteiger partial charge in [0.25, 0.3) is 0 Å². The first kappa shape index (κ1) is 14.5. The summed E-state index contributed by atoms with van der Waals surface area (Å²) in [5.41, 5.74) is 2.28. The Morgan fingerprint density at radius 3 is 2.67 bits per heavy atom. The van der Waals surface area contributed by atoms with Gasteiger partial charge in [0, 0.05) is 19.4 Å². The zero-order valence-corrected chi connectivity index (χ0v) is 11.0. The summed E-state index contributed by atoms with van der Waals surface area (Å²) in [4.78, 5) is 4.26. The molecule has 2 rings (SSSR count). The summed E-state index contributed by atoms with van der Waals surface area (Å²) in [6.45, 7) is 2.07. The number of hydrogen-bond donors (Lipinski definition) is 0. The maximum absolute atomic E-state index is 4.26. The quantitative estimate of drug-likeness (QED) is 0.446. The number of benzene rings is 1. The summed E-state index contributed by atoms with van der Waals surface area (Å²) in [5, 5.41) is 0. The van der Waals surface area contributed by atoms with Gasteiger partial charge in [-0.25, -0.2) is 0 Å². The molecule has 0 aliphatic rings. The van der Waals surface area contributed by atoms with Gasteiger partial charge in [-0.1, -0.05) is 6.92 Å². The number of aromatic nitrogens is 2. The second-order valence-electron chi connectivity index (χ2n) is 3.14. The number of hydrogen-bond acceptors (Lipinski definition) is 1. The Morgan fingerprint density at radius 2 is 2.13 bits per heavy atom. The van der Waals surface area contributed by atoms with Gasteiger partial charge in [-0.2, -0.15) is 0 Å². The monoisotopic (exact) mass is 230 g/mol. The van der Waals surface area contributed by atoms with Crippen molar-refractivity contribution in [2.24, 2.45) is 7.05 Å². The van der Waals surface area contributed by atoms with E-state index < -0.39 is 0 Å². The summed E-state index contributed by atoms with van der Waals surface area (Å²) in [7, 11) is 1.98. The number of halogens is 1. The van der Waals surface area contributed by atoms with E-state index in [0.29, 0.717) is 0 Å². The van der Waals surface area contributed by atoms with E-state index in [1.807, 2.05) is 29.9 Å². The van der Waals surface area contributed by atoms with Crippen LogP contribution < -0.4 is 12.4 Å². The molecule has 4 heteroatoms. The molecule has 2 aromatic rings. The van der Waals surface area contributed by atoms with Crippen LogP contribution >= 0.6 is 0 Å². The Morgan fingerprint density at radius 1 is 1.40 bits per heavy atom. The number of rotatable bonds is 1. The van der Waals surface area contributed by atoms with Crippen molar-refractivity contribution in [3.63, 3.8) is 0 Å².